The summed E-state index contributed by atoms with van der Waals surface area (Å²) in [5, 5.41) is 0. The predicted octanol–water partition coefficient (Wildman–Crippen LogP) is 15.6. The predicted molar refractivity (Wildman–Crippen MR) is 302 cm³/mol. The molecule has 4 heteroatoms. The Hall–Kier alpha value is -9.12. The van der Waals surface area contributed by atoms with Crippen molar-refractivity contribution >= 4 is 74.3 Å². The number of nitrogens with zero attached hydrogens (tertiary/aromatic N) is 3. The maximum Gasteiger partial charge on any atom is 0.252 e. The molecule has 3 nitrogen and oxygen atoms in total. The first-order chi connectivity index (χ1) is 35.6. The van der Waals surface area contributed by atoms with Crippen LogP contribution in [-0.4, -0.2) is 6.71 Å². The highest BCUT2D eigenvalue weighted by Crippen LogP contribution is 2.63. The van der Waals surface area contributed by atoms with Crippen LogP contribution in [0.15, 0.2) is 261 Å². The van der Waals surface area contributed by atoms with Gasteiger partial charge in [0.1, 0.15) is 0 Å². The smallest absolute Gasteiger partial charge is 0.252 e. The molecule has 0 fully saturated rings. The molecule has 0 unspecified atom stereocenters. The second-order valence-corrected chi connectivity index (χ2v) is 19.7. The third-order valence-electron chi connectivity index (χ3n) is 15.9. The van der Waals surface area contributed by atoms with Crippen molar-refractivity contribution in [3.8, 4) is 33.4 Å². The Kier molecular flexibility index (Phi) is 8.88. The molecule has 0 atom stereocenters. The van der Waals surface area contributed by atoms with Crippen LogP contribution in [0.4, 0.5) is 51.2 Å². The number of hydrogen-bond acceptors (Lipinski definition) is 3. The molecule has 2 heterocycles. The molecule has 1 spiro atoms. The lowest BCUT2D eigenvalue weighted by Gasteiger charge is -2.44. The van der Waals surface area contributed by atoms with Gasteiger partial charge in [-0.25, -0.2) is 0 Å². The number of anilines is 9. The van der Waals surface area contributed by atoms with Crippen molar-refractivity contribution in [1.82, 2.24) is 0 Å². The van der Waals surface area contributed by atoms with Gasteiger partial charge in [-0.05, 0) is 164 Å². The average Bonchev–Trinajstić information content (AvgIpc) is 3.91. The van der Waals surface area contributed by atoms with E-state index in [2.05, 4.69) is 282 Å². The summed E-state index contributed by atoms with van der Waals surface area (Å²) in [4.78, 5) is 7.43. The molecule has 15 rings (SSSR count). The number of hydrogen-bond donors (Lipinski definition) is 0. The molecule has 11 aromatic carbocycles. The standard InChI is InChI=1S/C68H46BN3/c1-45-33-40-64-62(41-45)69-61-31-17-18-32-63(61)72(52-38-39-60-56(44-52)55-27-13-16-30-59(55)68(60)57-28-14-11-25-53(57)54-26-12-15-29-58(54)68)66-43-47(46-19-5-2-6-20-46)42-65(67(66)69)71(64)51-36-34-50(35-37-51)70(48-21-7-3-8-22-48)49-23-9-4-10-24-49/h2-44H,1H3. The molecule has 336 valence electrons. The lowest BCUT2D eigenvalue weighted by atomic mass is 9.33. The Morgan fingerprint density at radius 1 is 0.333 bits per heavy atom. The van der Waals surface area contributed by atoms with Crippen molar-refractivity contribution in [2.75, 3.05) is 14.7 Å². The van der Waals surface area contributed by atoms with Crippen molar-refractivity contribution in [3.63, 3.8) is 0 Å². The topological polar surface area (TPSA) is 9.72 Å². The van der Waals surface area contributed by atoms with Gasteiger partial charge in [0.2, 0.25) is 0 Å². The minimum atomic E-state index is -0.411. The molecule has 4 aliphatic rings. The van der Waals surface area contributed by atoms with Crippen molar-refractivity contribution in [1.29, 1.82) is 0 Å². The maximum atomic E-state index is 2.57. The molecular weight excluding hydrogens is 870 g/mol. The van der Waals surface area contributed by atoms with Crippen LogP contribution in [-0.2, 0) is 5.41 Å². The summed E-state index contributed by atoms with van der Waals surface area (Å²) in [6, 6.07) is 97.1. The summed E-state index contributed by atoms with van der Waals surface area (Å²) in [5.74, 6) is 0. The fourth-order valence-corrected chi connectivity index (χ4v) is 13.0. The van der Waals surface area contributed by atoms with Gasteiger partial charge >= 0.3 is 0 Å². The van der Waals surface area contributed by atoms with E-state index in [-0.39, 0.29) is 6.71 Å². The molecule has 2 aliphatic heterocycles. The van der Waals surface area contributed by atoms with E-state index in [1.54, 1.807) is 0 Å². The zero-order chi connectivity index (χ0) is 47.5. The lowest BCUT2D eigenvalue weighted by molar-refractivity contribution is 0.794. The summed E-state index contributed by atoms with van der Waals surface area (Å²) >= 11 is 0. The molecule has 0 aromatic heterocycles. The first-order valence-electron chi connectivity index (χ1n) is 25.1. The summed E-state index contributed by atoms with van der Waals surface area (Å²) in [6.07, 6.45) is 0. The summed E-state index contributed by atoms with van der Waals surface area (Å²) in [6.45, 7) is 2.24. The van der Waals surface area contributed by atoms with Crippen LogP contribution >= 0.6 is 0 Å². The van der Waals surface area contributed by atoms with Gasteiger partial charge in [-0.15, -0.1) is 0 Å². The molecule has 0 N–H and O–H groups in total. The maximum absolute atomic E-state index is 2.57. The largest absolute Gasteiger partial charge is 0.311 e. The van der Waals surface area contributed by atoms with E-state index in [0.29, 0.717) is 0 Å². The molecule has 0 saturated carbocycles. The second-order valence-electron chi connectivity index (χ2n) is 19.7. The molecule has 11 aromatic rings. The van der Waals surface area contributed by atoms with Crippen LogP contribution in [0.2, 0.25) is 0 Å². The number of benzene rings is 11. The quantitative estimate of drug-likeness (QED) is 0.154. The van der Waals surface area contributed by atoms with Crippen molar-refractivity contribution < 1.29 is 0 Å². The van der Waals surface area contributed by atoms with Gasteiger partial charge in [0, 0.05) is 51.2 Å². The van der Waals surface area contributed by atoms with Crippen LogP contribution in [0.25, 0.3) is 33.4 Å². The van der Waals surface area contributed by atoms with Crippen LogP contribution < -0.4 is 31.1 Å². The minimum Gasteiger partial charge on any atom is -0.311 e. The highest BCUT2D eigenvalue weighted by Gasteiger charge is 2.52. The van der Waals surface area contributed by atoms with E-state index < -0.39 is 5.41 Å². The molecule has 0 radical (unpaired) electrons. The van der Waals surface area contributed by atoms with Gasteiger partial charge in [0.15, 0.2) is 0 Å². The van der Waals surface area contributed by atoms with E-state index in [4.69, 9.17) is 0 Å². The van der Waals surface area contributed by atoms with E-state index in [1.165, 1.54) is 100 Å². The van der Waals surface area contributed by atoms with Gasteiger partial charge in [-0.2, -0.15) is 0 Å². The molecule has 72 heavy (non-hydrogen) atoms. The lowest BCUT2D eigenvalue weighted by Crippen LogP contribution is -2.61. The van der Waals surface area contributed by atoms with E-state index in [0.717, 1.165) is 28.4 Å². The third kappa shape index (κ3) is 5.75. The van der Waals surface area contributed by atoms with Crippen LogP contribution in [0.5, 0.6) is 0 Å². The van der Waals surface area contributed by atoms with Gasteiger partial charge in [-0.1, -0.05) is 181 Å². The second kappa shape index (κ2) is 15.7. The number of para-hydroxylation sites is 3. The molecule has 0 saturated heterocycles. The van der Waals surface area contributed by atoms with Crippen LogP contribution in [0.3, 0.4) is 0 Å². The van der Waals surface area contributed by atoms with Crippen LogP contribution in [0.1, 0.15) is 27.8 Å². The SMILES string of the molecule is Cc1ccc2c(c1)B1c3ccccc3N(c3ccc4c(c3)-c3ccccc3C43c4ccccc4-c4ccccc43)c3cc(-c4ccccc4)cc(c31)N2c1ccc(N(c2ccccc2)c2ccccc2)cc1. The molecule has 0 amide bonds. The zero-order valence-electron chi connectivity index (χ0n) is 39.7. The highest BCUT2D eigenvalue weighted by atomic mass is 15.2. The average molecular weight is 916 g/mol. The normalized spacial score (nSPS) is 13.7. The number of fused-ring (bicyclic) bond motifs is 14. The zero-order valence-corrected chi connectivity index (χ0v) is 39.7. The fourth-order valence-electron chi connectivity index (χ4n) is 13.0. The number of rotatable bonds is 6. The van der Waals surface area contributed by atoms with Gasteiger partial charge in [0.25, 0.3) is 6.71 Å². The summed E-state index contributed by atoms with van der Waals surface area (Å²) in [7, 11) is 0. The Morgan fingerprint density at radius 2 is 0.806 bits per heavy atom. The Morgan fingerprint density at radius 3 is 1.43 bits per heavy atom. The van der Waals surface area contributed by atoms with Crippen molar-refractivity contribution in [3.05, 3.63) is 289 Å². The van der Waals surface area contributed by atoms with Crippen molar-refractivity contribution in [2.24, 2.45) is 0 Å². The van der Waals surface area contributed by atoms with Crippen molar-refractivity contribution in [2.45, 2.75) is 12.3 Å². The van der Waals surface area contributed by atoms with Crippen LogP contribution in [0, 0.1) is 6.92 Å². The van der Waals surface area contributed by atoms with E-state index in [9.17, 15) is 0 Å². The third-order valence-corrected chi connectivity index (χ3v) is 15.9. The fraction of sp³-hybridized carbons (Fsp3) is 0.0294. The Labute approximate surface area is 421 Å². The summed E-state index contributed by atoms with van der Waals surface area (Å²) < 4.78 is 0. The minimum absolute atomic E-state index is 0.00858. The van der Waals surface area contributed by atoms with E-state index in [1.807, 2.05) is 0 Å². The number of aryl methyl sites for hydroxylation is 1. The monoisotopic (exact) mass is 915 g/mol. The molecule has 2 aliphatic carbocycles. The molecule has 0 bridgehead atoms. The van der Waals surface area contributed by atoms with E-state index >= 15 is 0 Å². The first kappa shape index (κ1) is 40.7. The Bertz CT molecular complexity index is 3880. The Balaban J connectivity index is 0.961. The van der Waals surface area contributed by atoms with Gasteiger partial charge < -0.3 is 14.7 Å². The van der Waals surface area contributed by atoms with Gasteiger partial charge in [-0.3, -0.25) is 0 Å². The summed E-state index contributed by atoms with van der Waals surface area (Å²) in [5.41, 5.74) is 28.1. The highest BCUT2D eigenvalue weighted by molar-refractivity contribution is 7.00. The molecular formula is C68H46BN3. The van der Waals surface area contributed by atoms with Gasteiger partial charge in [0.05, 0.1) is 5.41 Å². The first-order valence-corrected chi connectivity index (χ1v) is 25.1.